The summed E-state index contributed by atoms with van der Waals surface area (Å²) in [4.78, 5) is 10.8. The molecule has 0 aliphatic carbocycles. The molecule has 1 amide bonds. The summed E-state index contributed by atoms with van der Waals surface area (Å²) in [6.45, 7) is 2.06. The molecule has 0 aromatic rings. The lowest BCUT2D eigenvalue weighted by atomic mass is 9.94. The number of amides is 1. The largest absolute Gasteiger partial charge is 0.317 e. The third-order valence-electron chi connectivity index (χ3n) is 2.09. The van der Waals surface area contributed by atoms with Crippen LogP contribution in [0.1, 0.15) is 19.3 Å². The third kappa shape index (κ3) is 3.90. The van der Waals surface area contributed by atoms with Gasteiger partial charge in [0.15, 0.2) is 0 Å². The molecule has 1 heterocycles. The molecule has 4 nitrogen and oxygen atoms in total. The summed E-state index contributed by atoms with van der Waals surface area (Å²) in [5.41, 5.74) is 2.15. The second-order valence-electron chi connectivity index (χ2n) is 2.97. The van der Waals surface area contributed by atoms with E-state index in [2.05, 4.69) is 10.7 Å². The van der Waals surface area contributed by atoms with E-state index in [0.29, 0.717) is 12.3 Å². The summed E-state index contributed by atoms with van der Waals surface area (Å²) in [5.74, 6) is 5.46. The van der Waals surface area contributed by atoms with E-state index >= 15 is 0 Å². The zero-order valence-electron chi connectivity index (χ0n) is 7.01. The maximum Gasteiger partial charge on any atom is 0.234 e. The standard InChI is InChI=1S/C7H15N3O.ClH/c8-10-7(11)5-6-1-3-9-4-2-6;/h6,9H,1-5,8H2,(H,10,11);1H. The van der Waals surface area contributed by atoms with Crippen molar-refractivity contribution in [2.24, 2.45) is 11.8 Å². The predicted molar refractivity (Wildman–Crippen MR) is 49.8 cm³/mol. The van der Waals surface area contributed by atoms with E-state index < -0.39 is 0 Å². The highest BCUT2D eigenvalue weighted by atomic mass is 35.5. The quantitative estimate of drug-likeness (QED) is 0.323. The number of piperidine rings is 1. The van der Waals surface area contributed by atoms with Gasteiger partial charge in [-0.05, 0) is 31.8 Å². The van der Waals surface area contributed by atoms with Gasteiger partial charge in [-0.25, -0.2) is 5.84 Å². The van der Waals surface area contributed by atoms with Gasteiger partial charge in [-0.15, -0.1) is 12.4 Å². The first-order valence-corrected chi connectivity index (χ1v) is 4.03. The van der Waals surface area contributed by atoms with Crippen LogP contribution in [0.5, 0.6) is 0 Å². The number of rotatable bonds is 2. The molecule has 1 aliphatic rings. The van der Waals surface area contributed by atoms with Crippen LogP contribution in [0, 0.1) is 5.92 Å². The van der Waals surface area contributed by atoms with Crippen molar-refractivity contribution in [3.8, 4) is 0 Å². The lowest BCUT2D eigenvalue weighted by Gasteiger charge is -2.21. The lowest BCUT2D eigenvalue weighted by molar-refractivity contribution is -0.122. The Morgan fingerprint density at radius 2 is 2.08 bits per heavy atom. The van der Waals surface area contributed by atoms with Crippen molar-refractivity contribution in [3.05, 3.63) is 0 Å². The van der Waals surface area contributed by atoms with Gasteiger partial charge in [0.2, 0.25) is 5.91 Å². The molecule has 0 saturated carbocycles. The topological polar surface area (TPSA) is 67.1 Å². The van der Waals surface area contributed by atoms with E-state index in [-0.39, 0.29) is 18.3 Å². The average molecular weight is 194 g/mol. The van der Waals surface area contributed by atoms with E-state index in [9.17, 15) is 4.79 Å². The van der Waals surface area contributed by atoms with Crippen molar-refractivity contribution in [1.29, 1.82) is 0 Å². The first kappa shape index (κ1) is 11.7. The van der Waals surface area contributed by atoms with E-state index in [1.807, 2.05) is 0 Å². The van der Waals surface area contributed by atoms with Crippen LogP contribution in [0.2, 0.25) is 0 Å². The molecule has 72 valence electrons. The number of hydrogen-bond acceptors (Lipinski definition) is 3. The molecule has 0 bridgehead atoms. The van der Waals surface area contributed by atoms with Crippen molar-refractivity contribution in [3.63, 3.8) is 0 Å². The number of carbonyl (C=O) groups excluding carboxylic acids is 1. The van der Waals surface area contributed by atoms with E-state index in [4.69, 9.17) is 5.84 Å². The van der Waals surface area contributed by atoms with Gasteiger partial charge in [-0.3, -0.25) is 10.2 Å². The third-order valence-corrected chi connectivity index (χ3v) is 2.09. The minimum Gasteiger partial charge on any atom is -0.317 e. The van der Waals surface area contributed by atoms with Crippen LogP contribution in [0.3, 0.4) is 0 Å². The first-order chi connectivity index (χ1) is 5.33. The Kier molecular flexibility index (Phi) is 6.06. The van der Waals surface area contributed by atoms with Crippen molar-refractivity contribution in [1.82, 2.24) is 10.7 Å². The molecule has 4 N–H and O–H groups in total. The van der Waals surface area contributed by atoms with Crippen molar-refractivity contribution in [2.75, 3.05) is 13.1 Å². The highest BCUT2D eigenvalue weighted by Gasteiger charge is 2.15. The molecule has 0 atom stereocenters. The fourth-order valence-corrected chi connectivity index (χ4v) is 1.41. The molecular weight excluding hydrogens is 178 g/mol. The molecular formula is C7H16ClN3O. The average Bonchev–Trinajstić information content (AvgIpc) is 2.06. The fraction of sp³-hybridized carbons (Fsp3) is 0.857. The minimum absolute atomic E-state index is 0. The monoisotopic (exact) mass is 193 g/mol. The van der Waals surface area contributed by atoms with Gasteiger partial charge in [0, 0.05) is 6.42 Å². The number of nitrogens with two attached hydrogens (primary N) is 1. The van der Waals surface area contributed by atoms with E-state index in [0.717, 1.165) is 25.9 Å². The van der Waals surface area contributed by atoms with Crippen LogP contribution in [0.15, 0.2) is 0 Å². The normalized spacial score (nSPS) is 18.1. The smallest absolute Gasteiger partial charge is 0.234 e. The van der Waals surface area contributed by atoms with Gasteiger partial charge in [0.25, 0.3) is 0 Å². The molecule has 5 heteroatoms. The summed E-state index contributed by atoms with van der Waals surface area (Å²) >= 11 is 0. The number of hydrogen-bond donors (Lipinski definition) is 3. The number of nitrogens with one attached hydrogen (secondary N) is 2. The van der Waals surface area contributed by atoms with Gasteiger partial charge >= 0.3 is 0 Å². The van der Waals surface area contributed by atoms with Gasteiger partial charge in [-0.2, -0.15) is 0 Å². The van der Waals surface area contributed by atoms with E-state index in [1.54, 1.807) is 0 Å². The molecule has 0 aromatic carbocycles. The summed E-state index contributed by atoms with van der Waals surface area (Å²) in [6, 6.07) is 0. The highest BCUT2D eigenvalue weighted by molar-refractivity contribution is 5.85. The fourth-order valence-electron chi connectivity index (χ4n) is 1.41. The zero-order chi connectivity index (χ0) is 8.10. The second-order valence-corrected chi connectivity index (χ2v) is 2.97. The first-order valence-electron chi connectivity index (χ1n) is 4.03. The number of hydrazine groups is 1. The predicted octanol–water partition coefficient (Wildman–Crippen LogP) is -0.212. The highest BCUT2D eigenvalue weighted by Crippen LogP contribution is 2.14. The van der Waals surface area contributed by atoms with Crippen molar-refractivity contribution in [2.45, 2.75) is 19.3 Å². The summed E-state index contributed by atoms with van der Waals surface area (Å²) < 4.78 is 0. The molecule has 1 aliphatic heterocycles. The summed E-state index contributed by atoms with van der Waals surface area (Å²) in [5, 5.41) is 3.24. The SMILES string of the molecule is Cl.NNC(=O)CC1CCNCC1. The molecule has 0 aromatic heterocycles. The van der Waals surface area contributed by atoms with Crippen LogP contribution in [0.4, 0.5) is 0 Å². The Morgan fingerprint density at radius 3 is 2.58 bits per heavy atom. The van der Waals surface area contributed by atoms with Crippen LogP contribution in [-0.2, 0) is 4.79 Å². The Bertz CT molecular complexity index is 137. The molecule has 12 heavy (non-hydrogen) atoms. The van der Waals surface area contributed by atoms with Gasteiger partial charge < -0.3 is 5.32 Å². The maximum atomic E-state index is 10.8. The Morgan fingerprint density at radius 1 is 1.50 bits per heavy atom. The molecule has 0 spiro atoms. The van der Waals surface area contributed by atoms with Gasteiger partial charge in [0.1, 0.15) is 0 Å². The Balaban J connectivity index is 0.00000121. The van der Waals surface area contributed by atoms with Gasteiger partial charge in [0.05, 0.1) is 0 Å². The van der Waals surface area contributed by atoms with Crippen molar-refractivity contribution < 1.29 is 4.79 Å². The molecule has 1 saturated heterocycles. The summed E-state index contributed by atoms with van der Waals surface area (Å²) in [6.07, 6.45) is 2.76. The number of carbonyl (C=O) groups is 1. The molecule has 0 unspecified atom stereocenters. The lowest BCUT2D eigenvalue weighted by Crippen LogP contribution is -2.35. The zero-order valence-corrected chi connectivity index (χ0v) is 7.82. The molecule has 1 rings (SSSR count). The van der Waals surface area contributed by atoms with Crippen LogP contribution in [-0.4, -0.2) is 19.0 Å². The van der Waals surface area contributed by atoms with Crippen LogP contribution >= 0.6 is 12.4 Å². The van der Waals surface area contributed by atoms with Crippen molar-refractivity contribution >= 4 is 18.3 Å². The van der Waals surface area contributed by atoms with Crippen LogP contribution in [0.25, 0.3) is 0 Å². The van der Waals surface area contributed by atoms with E-state index in [1.165, 1.54) is 0 Å². The Hall–Kier alpha value is -0.320. The Labute approximate surface area is 78.6 Å². The second kappa shape index (κ2) is 6.22. The summed E-state index contributed by atoms with van der Waals surface area (Å²) in [7, 11) is 0. The molecule has 1 fully saturated rings. The van der Waals surface area contributed by atoms with Gasteiger partial charge in [-0.1, -0.05) is 0 Å². The molecule has 0 radical (unpaired) electrons. The van der Waals surface area contributed by atoms with Crippen LogP contribution < -0.4 is 16.6 Å². The number of halogens is 1. The maximum absolute atomic E-state index is 10.8. The minimum atomic E-state index is -0.0445.